The van der Waals surface area contributed by atoms with Gasteiger partial charge in [0.1, 0.15) is 5.65 Å². The van der Waals surface area contributed by atoms with Crippen LogP contribution in [0.5, 0.6) is 0 Å². The molecule has 0 saturated carbocycles. The molecule has 0 radical (unpaired) electrons. The van der Waals surface area contributed by atoms with Gasteiger partial charge in [0.25, 0.3) is 5.69 Å². The number of hydrogen-bond acceptors (Lipinski definition) is 4. The third kappa shape index (κ3) is 2.63. The summed E-state index contributed by atoms with van der Waals surface area (Å²) in [7, 11) is 0. The Labute approximate surface area is 144 Å². The van der Waals surface area contributed by atoms with Crippen LogP contribution >= 0.6 is 12.2 Å². The predicted molar refractivity (Wildman–Crippen MR) is 97.2 cm³/mol. The number of nitro groups is 1. The van der Waals surface area contributed by atoms with Gasteiger partial charge in [-0.1, -0.05) is 37.3 Å². The number of nitrogens with zero attached hydrogens (tertiary/aromatic N) is 3. The number of non-ortho nitro benzene ring substituents is 1. The fourth-order valence-corrected chi connectivity index (χ4v) is 2.91. The maximum atomic E-state index is 11.1. The number of aryl methyl sites for hydroxylation is 1. The molecule has 2 aromatic heterocycles. The van der Waals surface area contributed by atoms with E-state index in [0.29, 0.717) is 16.2 Å². The lowest BCUT2D eigenvalue weighted by molar-refractivity contribution is -0.384. The Morgan fingerprint density at radius 2 is 2.04 bits per heavy atom. The molecule has 3 aromatic rings. The zero-order chi connectivity index (χ0) is 17.4. The van der Waals surface area contributed by atoms with Crippen LogP contribution in [0.4, 0.5) is 5.69 Å². The van der Waals surface area contributed by atoms with E-state index in [1.54, 1.807) is 12.1 Å². The number of hydrogen-bond donors (Lipinski definition) is 1. The molecule has 0 aliphatic carbocycles. The van der Waals surface area contributed by atoms with Crippen LogP contribution in [0, 0.1) is 17.0 Å². The van der Waals surface area contributed by atoms with E-state index in [9.17, 15) is 10.1 Å². The second-order valence-corrected chi connectivity index (χ2v) is 6.11. The van der Waals surface area contributed by atoms with E-state index in [1.807, 2.05) is 36.4 Å². The molecule has 0 aliphatic heterocycles. The fourth-order valence-electron chi connectivity index (χ4n) is 2.79. The standard InChI is InChI=1S/C17H16N4O2S/c1-10-5-3-8-14-19-15(16(20(10)14)11(2)17(18)24)12-6-4-7-13(9-12)21(22)23/h3-9,11H,1-2H3,(H2,18,24). The van der Waals surface area contributed by atoms with Crippen LogP contribution < -0.4 is 5.73 Å². The first kappa shape index (κ1) is 16.1. The summed E-state index contributed by atoms with van der Waals surface area (Å²) in [6, 6.07) is 12.2. The van der Waals surface area contributed by atoms with Crippen molar-refractivity contribution in [3.63, 3.8) is 0 Å². The third-order valence-corrected chi connectivity index (χ3v) is 4.40. The van der Waals surface area contributed by atoms with Crippen molar-refractivity contribution in [3.05, 3.63) is 64.0 Å². The van der Waals surface area contributed by atoms with Gasteiger partial charge in [0.2, 0.25) is 0 Å². The van der Waals surface area contributed by atoms with E-state index >= 15 is 0 Å². The lowest BCUT2D eigenvalue weighted by atomic mass is 10.0. The second-order valence-electron chi connectivity index (χ2n) is 5.64. The van der Waals surface area contributed by atoms with E-state index < -0.39 is 4.92 Å². The topological polar surface area (TPSA) is 86.5 Å². The Kier molecular flexibility index (Phi) is 4.02. The van der Waals surface area contributed by atoms with Crippen LogP contribution in [-0.2, 0) is 0 Å². The van der Waals surface area contributed by atoms with Crippen LogP contribution in [-0.4, -0.2) is 19.3 Å². The molecule has 1 atom stereocenters. The number of nitro benzene ring substituents is 1. The highest BCUT2D eigenvalue weighted by atomic mass is 32.1. The van der Waals surface area contributed by atoms with Crippen molar-refractivity contribution in [2.24, 2.45) is 5.73 Å². The lowest BCUT2D eigenvalue weighted by Gasteiger charge is -2.13. The fraction of sp³-hybridized carbons (Fsp3) is 0.176. The van der Waals surface area contributed by atoms with Crippen molar-refractivity contribution in [2.45, 2.75) is 19.8 Å². The van der Waals surface area contributed by atoms with Crippen molar-refractivity contribution in [2.75, 3.05) is 0 Å². The molecule has 0 bridgehead atoms. The Hall–Kier alpha value is -2.80. The van der Waals surface area contributed by atoms with Gasteiger partial charge in [0.15, 0.2) is 0 Å². The molecule has 122 valence electrons. The first-order valence-corrected chi connectivity index (χ1v) is 7.83. The van der Waals surface area contributed by atoms with Crippen LogP contribution in [0.15, 0.2) is 42.5 Å². The first-order valence-electron chi connectivity index (χ1n) is 7.42. The average Bonchev–Trinajstić information content (AvgIpc) is 2.95. The van der Waals surface area contributed by atoms with Gasteiger partial charge in [-0.05, 0) is 19.1 Å². The van der Waals surface area contributed by atoms with Crippen molar-refractivity contribution in [1.82, 2.24) is 9.38 Å². The molecular weight excluding hydrogens is 324 g/mol. The van der Waals surface area contributed by atoms with Gasteiger partial charge in [-0.3, -0.25) is 14.5 Å². The summed E-state index contributed by atoms with van der Waals surface area (Å²) < 4.78 is 2.00. The summed E-state index contributed by atoms with van der Waals surface area (Å²) in [5.41, 5.74) is 9.83. The summed E-state index contributed by atoms with van der Waals surface area (Å²) in [5, 5.41) is 11.1. The van der Waals surface area contributed by atoms with E-state index in [1.165, 1.54) is 12.1 Å². The second kappa shape index (κ2) is 6.01. The Bertz CT molecular complexity index is 964. The van der Waals surface area contributed by atoms with Crippen molar-refractivity contribution in [1.29, 1.82) is 0 Å². The molecular formula is C17H16N4O2S. The number of benzene rings is 1. The summed E-state index contributed by atoms with van der Waals surface area (Å²) in [4.78, 5) is 15.7. The van der Waals surface area contributed by atoms with Crippen LogP contribution in [0.3, 0.4) is 0 Å². The smallest absolute Gasteiger partial charge is 0.270 e. The number of aromatic nitrogens is 2. The maximum absolute atomic E-state index is 11.1. The molecule has 0 saturated heterocycles. The molecule has 2 N–H and O–H groups in total. The number of imidazole rings is 1. The van der Waals surface area contributed by atoms with Crippen LogP contribution in [0.25, 0.3) is 16.9 Å². The van der Waals surface area contributed by atoms with E-state index in [2.05, 4.69) is 4.98 Å². The number of fused-ring (bicyclic) bond motifs is 1. The Morgan fingerprint density at radius 1 is 1.33 bits per heavy atom. The monoisotopic (exact) mass is 340 g/mol. The number of pyridine rings is 1. The molecule has 24 heavy (non-hydrogen) atoms. The van der Waals surface area contributed by atoms with E-state index in [4.69, 9.17) is 18.0 Å². The highest BCUT2D eigenvalue weighted by Gasteiger charge is 2.23. The molecule has 1 unspecified atom stereocenters. The van der Waals surface area contributed by atoms with Crippen molar-refractivity contribution >= 4 is 28.5 Å². The minimum Gasteiger partial charge on any atom is -0.393 e. The largest absolute Gasteiger partial charge is 0.393 e. The van der Waals surface area contributed by atoms with Gasteiger partial charge < -0.3 is 5.73 Å². The minimum atomic E-state index is -0.415. The minimum absolute atomic E-state index is 0.0233. The summed E-state index contributed by atoms with van der Waals surface area (Å²) in [6.45, 7) is 3.89. The Balaban J connectivity index is 2.34. The quantitative estimate of drug-likeness (QED) is 0.445. The zero-order valence-electron chi connectivity index (χ0n) is 13.3. The summed E-state index contributed by atoms with van der Waals surface area (Å²) >= 11 is 5.18. The first-order chi connectivity index (χ1) is 11.4. The Morgan fingerprint density at radius 3 is 2.71 bits per heavy atom. The molecule has 3 rings (SSSR count). The molecule has 0 aliphatic rings. The highest BCUT2D eigenvalue weighted by molar-refractivity contribution is 7.80. The maximum Gasteiger partial charge on any atom is 0.270 e. The molecule has 7 heteroatoms. The molecule has 6 nitrogen and oxygen atoms in total. The molecule has 2 heterocycles. The van der Waals surface area contributed by atoms with E-state index in [-0.39, 0.29) is 11.6 Å². The summed E-state index contributed by atoms with van der Waals surface area (Å²) in [5.74, 6) is -0.217. The van der Waals surface area contributed by atoms with Gasteiger partial charge in [-0.25, -0.2) is 4.98 Å². The van der Waals surface area contributed by atoms with Crippen LogP contribution in [0.1, 0.15) is 24.2 Å². The molecule has 0 spiro atoms. The molecule has 0 amide bonds. The normalized spacial score (nSPS) is 12.2. The number of rotatable bonds is 4. The SMILES string of the molecule is Cc1cccc2nc(-c3cccc([N+](=O)[O-])c3)c(C(C)C(N)=S)n12. The highest BCUT2D eigenvalue weighted by Crippen LogP contribution is 2.32. The molecule has 1 aromatic carbocycles. The van der Waals surface area contributed by atoms with Gasteiger partial charge in [0, 0.05) is 29.3 Å². The van der Waals surface area contributed by atoms with Gasteiger partial charge >= 0.3 is 0 Å². The lowest BCUT2D eigenvalue weighted by Crippen LogP contribution is -2.19. The van der Waals surface area contributed by atoms with E-state index in [0.717, 1.165) is 17.0 Å². The average molecular weight is 340 g/mol. The van der Waals surface area contributed by atoms with Crippen LogP contribution in [0.2, 0.25) is 0 Å². The summed E-state index contributed by atoms with van der Waals surface area (Å²) in [6.07, 6.45) is 0. The van der Waals surface area contributed by atoms with Crippen molar-refractivity contribution in [3.8, 4) is 11.3 Å². The van der Waals surface area contributed by atoms with Gasteiger partial charge in [-0.2, -0.15) is 0 Å². The molecule has 0 fully saturated rings. The third-order valence-electron chi connectivity index (χ3n) is 4.04. The van der Waals surface area contributed by atoms with Gasteiger partial charge in [-0.15, -0.1) is 0 Å². The van der Waals surface area contributed by atoms with Gasteiger partial charge in [0.05, 0.1) is 21.3 Å². The van der Waals surface area contributed by atoms with Crippen molar-refractivity contribution < 1.29 is 4.92 Å². The predicted octanol–water partition coefficient (Wildman–Crippen LogP) is 3.61. The zero-order valence-corrected chi connectivity index (χ0v) is 14.1. The number of nitrogens with two attached hydrogens (primary N) is 1. The number of thiocarbonyl (C=S) groups is 1.